The molecule has 1 aliphatic rings. The Morgan fingerprint density at radius 3 is 2.65 bits per heavy atom. The lowest BCUT2D eigenvalue weighted by atomic mass is 9.98. The van der Waals surface area contributed by atoms with Crippen LogP contribution in [0.4, 0.5) is 13.2 Å². The maximum atomic E-state index is 12.1. The van der Waals surface area contributed by atoms with Gasteiger partial charge in [0.05, 0.1) is 6.10 Å². The van der Waals surface area contributed by atoms with Gasteiger partial charge in [-0.25, -0.2) is 0 Å². The molecule has 94 valence electrons. The Morgan fingerprint density at radius 2 is 2.00 bits per heavy atom. The Labute approximate surface area is 106 Å². The van der Waals surface area contributed by atoms with Crippen molar-refractivity contribution >= 4 is 15.9 Å². The Bertz CT molecular complexity index is 392. The largest absolute Gasteiger partial charge is 0.522 e. The lowest BCUT2D eigenvalue weighted by Crippen LogP contribution is -2.21. The van der Waals surface area contributed by atoms with E-state index in [0.717, 1.165) is 16.5 Å². The highest BCUT2D eigenvalue weighted by Crippen LogP contribution is 2.38. The number of alkyl halides is 3. The molecule has 2 unspecified atom stereocenters. The highest BCUT2D eigenvalue weighted by atomic mass is 79.9. The third-order valence-corrected chi connectivity index (χ3v) is 3.50. The summed E-state index contributed by atoms with van der Waals surface area (Å²) in [4.78, 5) is 0. The van der Waals surface area contributed by atoms with Crippen LogP contribution in [0.2, 0.25) is 0 Å². The summed E-state index contributed by atoms with van der Waals surface area (Å²) in [5.41, 5.74) is 1.08. The molecule has 0 saturated heterocycles. The molecule has 1 aromatic carbocycles. The van der Waals surface area contributed by atoms with Crippen molar-refractivity contribution in [2.24, 2.45) is 0 Å². The second-order valence-corrected chi connectivity index (χ2v) is 5.17. The van der Waals surface area contributed by atoms with E-state index in [4.69, 9.17) is 0 Å². The van der Waals surface area contributed by atoms with Crippen LogP contribution < -0.4 is 0 Å². The molecule has 5 heteroatoms. The van der Waals surface area contributed by atoms with Crippen LogP contribution in [0.5, 0.6) is 0 Å². The van der Waals surface area contributed by atoms with E-state index in [2.05, 4.69) is 20.7 Å². The van der Waals surface area contributed by atoms with E-state index in [1.807, 2.05) is 24.3 Å². The zero-order valence-electron chi connectivity index (χ0n) is 9.01. The Kier molecular flexibility index (Phi) is 3.78. The summed E-state index contributed by atoms with van der Waals surface area (Å²) in [5.74, 6) is 0.167. The molecule has 0 aliphatic heterocycles. The first-order valence-electron chi connectivity index (χ1n) is 5.44. The van der Waals surface area contributed by atoms with Gasteiger partial charge in [0.25, 0.3) is 0 Å². The van der Waals surface area contributed by atoms with Crippen LogP contribution in [0.3, 0.4) is 0 Å². The van der Waals surface area contributed by atoms with Crippen molar-refractivity contribution in [2.75, 3.05) is 0 Å². The van der Waals surface area contributed by atoms with E-state index in [9.17, 15) is 13.2 Å². The van der Waals surface area contributed by atoms with E-state index in [1.54, 1.807) is 0 Å². The molecule has 0 amide bonds. The van der Waals surface area contributed by atoms with E-state index in [-0.39, 0.29) is 5.92 Å². The summed E-state index contributed by atoms with van der Waals surface area (Å²) in [6.45, 7) is 0. The molecular weight excluding hydrogens is 297 g/mol. The molecule has 0 heterocycles. The van der Waals surface area contributed by atoms with Crippen molar-refractivity contribution in [3.63, 3.8) is 0 Å². The second-order valence-electron chi connectivity index (χ2n) is 4.25. The Hall–Kier alpha value is -0.550. The highest BCUT2D eigenvalue weighted by molar-refractivity contribution is 9.10. The van der Waals surface area contributed by atoms with Gasteiger partial charge in [-0.3, -0.25) is 4.74 Å². The van der Waals surface area contributed by atoms with Gasteiger partial charge in [0.1, 0.15) is 0 Å². The quantitative estimate of drug-likeness (QED) is 0.774. The molecule has 1 fully saturated rings. The van der Waals surface area contributed by atoms with Crippen molar-refractivity contribution < 1.29 is 17.9 Å². The Morgan fingerprint density at radius 1 is 1.24 bits per heavy atom. The summed E-state index contributed by atoms with van der Waals surface area (Å²) < 4.78 is 41.2. The van der Waals surface area contributed by atoms with Crippen LogP contribution in [0.15, 0.2) is 28.7 Å². The lowest BCUT2D eigenvalue weighted by Gasteiger charge is -2.14. The zero-order chi connectivity index (χ0) is 12.5. The van der Waals surface area contributed by atoms with Crippen molar-refractivity contribution in [3.8, 4) is 0 Å². The van der Waals surface area contributed by atoms with Crippen molar-refractivity contribution in [1.29, 1.82) is 0 Å². The number of ether oxygens (including phenoxy) is 1. The predicted molar refractivity (Wildman–Crippen MR) is 61.7 cm³/mol. The molecule has 0 spiro atoms. The minimum atomic E-state index is -4.52. The molecule has 1 aliphatic carbocycles. The van der Waals surface area contributed by atoms with Crippen LogP contribution >= 0.6 is 15.9 Å². The number of halogens is 4. The van der Waals surface area contributed by atoms with Gasteiger partial charge in [-0.2, -0.15) is 0 Å². The van der Waals surface area contributed by atoms with E-state index in [1.165, 1.54) is 0 Å². The van der Waals surface area contributed by atoms with Crippen LogP contribution in [0.1, 0.15) is 30.7 Å². The fourth-order valence-corrected chi connectivity index (χ4v) is 2.72. The molecule has 0 radical (unpaired) electrons. The SMILES string of the molecule is FC(F)(F)OC1CCC(c2cccc(Br)c2)C1. The summed E-state index contributed by atoms with van der Waals surface area (Å²) in [5, 5.41) is 0. The third kappa shape index (κ3) is 3.71. The first-order chi connectivity index (χ1) is 7.94. The van der Waals surface area contributed by atoms with E-state index >= 15 is 0 Å². The van der Waals surface area contributed by atoms with Gasteiger partial charge in [0.2, 0.25) is 0 Å². The third-order valence-electron chi connectivity index (χ3n) is 3.00. The first kappa shape index (κ1) is 12.9. The highest BCUT2D eigenvalue weighted by Gasteiger charge is 2.37. The fourth-order valence-electron chi connectivity index (χ4n) is 2.30. The molecule has 0 N–H and O–H groups in total. The van der Waals surface area contributed by atoms with Gasteiger partial charge in [-0.1, -0.05) is 28.1 Å². The molecule has 2 rings (SSSR count). The monoisotopic (exact) mass is 308 g/mol. The van der Waals surface area contributed by atoms with Crippen molar-refractivity contribution in [1.82, 2.24) is 0 Å². The minimum Gasteiger partial charge on any atom is -0.289 e. The van der Waals surface area contributed by atoms with Crippen LogP contribution in [-0.2, 0) is 4.74 Å². The molecule has 1 saturated carbocycles. The van der Waals surface area contributed by atoms with E-state index in [0.29, 0.717) is 12.8 Å². The zero-order valence-corrected chi connectivity index (χ0v) is 10.6. The Balaban J connectivity index is 1.98. The van der Waals surface area contributed by atoms with Crippen molar-refractivity contribution in [3.05, 3.63) is 34.3 Å². The van der Waals surface area contributed by atoms with Gasteiger partial charge in [-0.05, 0) is 42.9 Å². The number of benzene rings is 1. The molecule has 0 bridgehead atoms. The maximum Gasteiger partial charge on any atom is 0.522 e. The summed E-state index contributed by atoms with van der Waals surface area (Å²) in [7, 11) is 0. The summed E-state index contributed by atoms with van der Waals surface area (Å²) >= 11 is 3.36. The number of hydrogen-bond acceptors (Lipinski definition) is 1. The molecular formula is C12H12BrF3O. The van der Waals surface area contributed by atoms with Gasteiger partial charge < -0.3 is 0 Å². The average Bonchev–Trinajstić information content (AvgIpc) is 2.63. The van der Waals surface area contributed by atoms with Crippen molar-refractivity contribution in [2.45, 2.75) is 37.6 Å². The van der Waals surface area contributed by atoms with Gasteiger partial charge in [0.15, 0.2) is 0 Å². The average molecular weight is 309 g/mol. The lowest BCUT2D eigenvalue weighted by molar-refractivity contribution is -0.341. The van der Waals surface area contributed by atoms with E-state index < -0.39 is 12.5 Å². The normalized spacial score (nSPS) is 25.2. The molecule has 17 heavy (non-hydrogen) atoms. The first-order valence-corrected chi connectivity index (χ1v) is 6.23. The van der Waals surface area contributed by atoms with Gasteiger partial charge in [0, 0.05) is 4.47 Å². The molecule has 0 aromatic heterocycles. The minimum absolute atomic E-state index is 0.167. The second kappa shape index (κ2) is 4.98. The molecule has 1 aromatic rings. The van der Waals surface area contributed by atoms with Crippen LogP contribution in [-0.4, -0.2) is 12.5 Å². The number of rotatable bonds is 2. The van der Waals surface area contributed by atoms with Crippen LogP contribution in [0, 0.1) is 0 Å². The maximum absolute atomic E-state index is 12.1. The molecule has 1 nitrogen and oxygen atoms in total. The fraction of sp³-hybridized carbons (Fsp3) is 0.500. The van der Waals surface area contributed by atoms with Gasteiger partial charge in [-0.15, -0.1) is 13.2 Å². The van der Waals surface area contributed by atoms with Gasteiger partial charge >= 0.3 is 6.36 Å². The molecule has 2 atom stereocenters. The van der Waals surface area contributed by atoms with Crippen LogP contribution in [0.25, 0.3) is 0 Å². The standard InChI is InChI=1S/C12H12BrF3O/c13-10-3-1-2-8(6-10)9-4-5-11(7-9)17-12(14,15)16/h1-3,6,9,11H,4-5,7H2. The predicted octanol–water partition coefficient (Wildman–Crippen LogP) is 4.62. The summed E-state index contributed by atoms with van der Waals surface area (Å²) in [6.07, 6.45) is -3.56. The number of hydrogen-bond donors (Lipinski definition) is 0. The summed E-state index contributed by atoms with van der Waals surface area (Å²) in [6, 6.07) is 7.71. The smallest absolute Gasteiger partial charge is 0.289 e. The topological polar surface area (TPSA) is 9.23 Å².